The van der Waals surface area contributed by atoms with Crippen LogP contribution in [0.5, 0.6) is 0 Å². The molecule has 1 heterocycles. The first-order valence-corrected chi connectivity index (χ1v) is 13.5. The standard InChI is InChI=1S/C18H27Cl2N4O2Si.ClH.H2O/c1-27(2,3)11-5-8-23-10-9-22(14-23)7-4-6-21-17-12-15(19)16(20)13-18(17)24(25)26;;/h9-10,12-14,21H,4-8,11H2,1-3H3;1H;1H2/q+1;;/p-1. The number of imidazole rings is 1. The molecule has 164 valence electrons. The Hall–Kier alpha value is -1.32. The molecule has 11 heteroatoms. The van der Waals surface area contributed by atoms with Crippen molar-refractivity contribution in [2.24, 2.45) is 0 Å². The van der Waals surface area contributed by atoms with Gasteiger partial charge in [0, 0.05) is 27.1 Å². The van der Waals surface area contributed by atoms with Crippen molar-refractivity contribution in [2.45, 2.75) is 51.6 Å². The fourth-order valence-electron chi connectivity index (χ4n) is 2.81. The van der Waals surface area contributed by atoms with Crippen molar-refractivity contribution in [3.05, 3.63) is 51.0 Å². The number of benzene rings is 1. The van der Waals surface area contributed by atoms with Gasteiger partial charge in [-0.05, 0) is 12.5 Å². The molecule has 2 rings (SSSR count). The van der Waals surface area contributed by atoms with Gasteiger partial charge < -0.3 is 23.2 Å². The van der Waals surface area contributed by atoms with Crippen LogP contribution in [0, 0.1) is 10.1 Å². The van der Waals surface area contributed by atoms with Crippen molar-refractivity contribution in [1.29, 1.82) is 0 Å². The number of aryl methyl sites for hydroxylation is 2. The van der Waals surface area contributed by atoms with E-state index in [1.807, 2.05) is 0 Å². The van der Waals surface area contributed by atoms with Crippen LogP contribution >= 0.6 is 23.2 Å². The average molecular weight is 484 g/mol. The highest BCUT2D eigenvalue weighted by atomic mass is 35.5. The van der Waals surface area contributed by atoms with Crippen LogP contribution in [0.25, 0.3) is 0 Å². The smallest absolute Gasteiger partial charge is 0.293 e. The van der Waals surface area contributed by atoms with Gasteiger partial charge in [0.05, 0.1) is 28.1 Å². The predicted molar refractivity (Wildman–Crippen MR) is 117 cm³/mol. The molecule has 0 saturated carbocycles. The number of aromatic nitrogens is 2. The van der Waals surface area contributed by atoms with E-state index in [1.54, 1.807) is 0 Å². The van der Waals surface area contributed by atoms with E-state index in [0.717, 1.165) is 19.5 Å². The van der Waals surface area contributed by atoms with E-state index in [9.17, 15) is 10.1 Å². The van der Waals surface area contributed by atoms with Gasteiger partial charge >= 0.3 is 0 Å². The highest BCUT2D eigenvalue weighted by Gasteiger charge is 2.17. The third kappa shape index (κ3) is 9.35. The number of hydrogen-bond acceptors (Lipinski definition) is 3. The molecule has 3 N–H and O–H groups in total. The van der Waals surface area contributed by atoms with Gasteiger partial charge in [-0.1, -0.05) is 48.9 Å². The van der Waals surface area contributed by atoms with Crippen LogP contribution in [0.1, 0.15) is 12.8 Å². The Bertz CT molecular complexity index is 797. The van der Waals surface area contributed by atoms with Crippen molar-refractivity contribution in [1.82, 2.24) is 4.57 Å². The summed E-state index contributed by atoms with van der Waals surface area (Å²) in [4.78, 5) is 10.7. The van der Waals surface area contributed by atoms with Crippen LogP contribution < -0.4 is 22.3 Å². The van der Waals surface area contributed by atoms with Crippen LogP contribution in [0.3, 0.4) is 0 Å². The summed E-state index contributed by atoms with van der Waals surface area (Å²) in [5.74, 6) is 0. The fraction of sp³-hybridized carbons (Fsp3) is 0.500. The molecule has 0 saturated heterocycles. The summed E-state index contributed by atoms with van der Waals surface area (Å²) >= 11 is 11.8. The Morgan fingerprint density at radius 2 is 1.86 bits per heavy atom. The number of anilines is 1. The topological polar surface area (TPSA) is 95.5 Å². The molecule has 0 unspecified atom stereocenters. The zero-order valence-corrected chi connectivity index (χ0v) is 20.2. The van der Waals surface area contributed by atoms with E-state index < -0.39 is 13.0 Å². The Morgan fingerprint density at radius 3 is 2.48 bits per heavy atom. The maximum atomic E-state index is 11.1. The molecule has 0 fully saturated rings. The first kappa shape index (κ1) is 27.7. The van der Waals surface area contributed by atoms with Crippen molar-refractivity contribution in [3.63, 3.8) is 0 Å². The Kier molecular flexibility index (Phi) is 11.8. The molecule has 7 nitrogen and oxygen atoms in total. The molecule has 1 aromatic carbocycles. The van der Waals surface area contributed by atoms with Gasteiger partial charge in [-0.2, -0.15) is 0 Å². The van der Waals surface area contributed by atoms with E-state index >= 15 is 0 Å². The SMILES string of the molecule is C[Si](C)(C)CCCn1cc[n+](CCCNc2cc(Cl)c(Cl)cc2[N+](=O)[O-])c1.O.[Cl-]. The largest absolute Gasteiger partial charge is 1.00 e. The minimum absolute atomic E-state index is 0. The molecular weight excluding hydrogens is 455 g/mol. The van der Waals surface area contributed by atoms with Crippen LogP contribution in [0.2, 0.25) is 35.7 Å². The molecule has 0 aliphatic heterocycles. The predicted octanol–water partition coefficient (Wildman–Crippen LogP) is 1.40. The second-order valence-electron chi connectivity index (χ2n) is 7.87. The minimum atomic E-state index is -0.977. The maximum Gasteiger partial charge on any atom is 0.293 e. The number of rotatable bonds is 10. The number of halogens is 3. The monoisotopic (exact) mass is 482 g/mol. The Morgan fingerprint density at radius 1 is 1.21 bits per heavy atom. The van der Waals surface area contributed by atoms with E-state index in [-0.39, 0.29) is 28.6 Å². The molecule has 0 aliphatic rings. The highest BCUT2D eigenvalue weighted by molar-refractivity contribution is 6.76. The van der Waals surface area contributed by atoms with Gasteiger partial charge in [0.25, 0.3) is 5.69 Å². The average Bonchev–Trinajstić information content (AvgIpc) is 3.00. The fourth-order valence-corrected chi connectivity index (χ4v) is 4.35. The summed E-state index contributed by atoms with van der Waals surface area (Å²) in [6, 6.07) is 4.11. The lowest BCUT2D eigenvalue weighted by Crippen LogP contribution is -3.00. The van der Waals surface area contributed by atoms with E-state index in [0.29, 0.717) is 17.3 Å². The molecule has 0 radical (unpaired) electrons. The normalized spacial score (nSPS) is 10.8. The summed E-state index contributed by atoms with van der Waals surface area (Å²) in [5, 5.41) is 14.7. The summed E-state index contributed by atoms with van der Waals surface area (Å²) in [7, 11) is -0.977. The van der Waals surface area contributed by atoms with Gasteiger partial charge in [0.2, 0.25) is 6.33 Å². The third-order valence-electron chi connectivity index (χ3n) is 4.23. The zero-order chi connectivity index (χ0) is 20.0. The van der Waals surface area contributed by atoms with Gasteiger partial charge in [0.1, 0.15) is 18.1 Å². The number of hydrogen-bond donors (Lipinski definition) is 1. The second-order valence-corrected chi connectivity index (χ2v) is 14.3. The van der Waals surface area contributed by atoms with Crippen LogP contribution in [-0.4, -0.2) is 29.6 Å². The maximum absolute atomic E-state index is 11.1. The lowest BCUT2D eigenvalue weighted by molar-refractivity contribution is -0.696. The van der Waals surface area contributed by atoms with Crippen molar-refractivity contribution >= 4 is 42.7 Å². The molecular formula is C18H29Cl3N4O3Si. The molecule has 0 bridgehead atoms. The second kappa shape index (κ2) is 12.4. The molecule has 0 aliphatic carbocycles. The molecule has 29 heavy (non-hydrogen) atoms. The molecule has 0 spiro atoms. The Labute approximate surface area is 188 Å². The molecule has 1 aromatic heterocycles. The van der Waals surface area contributed by atoms with Gasteiger partial charge in [-0.15, -0.1) is 0 Å². The van der Waals surface area contributed by atoms with Crippen molar-refractivity contribution < 1.29 is 27.4 Å². The summed E-state index contributed by atoms with van der Waals surface area (Å²) in [5.41, 5.74) is 0.328. The highest BCUT2D eigenvalue weighted by Crippen LogP contribution is 2.33. The van der Waals surface area contributed by atoms with Crippen molar-refractivity contribution in [2.75, 3.05) is 11.9 Å². The third-order valence-corrected chi connectivity index (χ3v) is 6.81. The number of nitrogens with one attached hydrogen (secondary N) is 1. The first-order chi connectivity index (χ1) is 12.7. The van der Waals surface area contributed by atoms with Gasteiger partial charge in [0.15, 0.2) is 0 Å². The van der Waals surface area contributed by atoms with Crippen LogP contribution in [0.4, 0.5) is 11.4 Å². The van der Waals surface area contributed by atoms with E-state index in [1.165, 1.54) is 24.6 Å². The minimum Gasteiger partial charge on any atom is -1.00 e. The zero-order valence-electron chi connectivity index (χ0n) is 16.9. The van der Waals surface area contributed by atoms with Gasteiger partial charge in [-0.25, -0.2) is 9.13 Å². The van der Waals surface area contributed by atoms with Gasteiger partial charge in [-0.3, -0.25) is 10.1 Å². The number of nitro benzene ring substituents is 1. The quantitative estimate of drug-likeness (QED) is 0.182. The summed E-state index contributed by atoms with van der Waals surface area (Å²) < 4.78 is 4.36. The summed E-state index contributed by atoms with van der Waals surface area (Å²) in [6.45, 7) is 9.68. The van der Waals surface area contributed by atoms with Crippen LogP contribution in [-0.2, 0) is 13.1 Å². The van der Waals surface area contributed by atoms with E-state index in [2.05, 4.69) is 52.8 Å². The molecule has 2 aromatic rings. The van der Waals surface area contributed by atoms with E-state index in [4.69, 9.17) is 23.2 Å². The lowest BCUT2D eigenvalue weighted by Gasteiger charge is -2.13. The number of nitro groups is 1. The molecule has 0 amide bonds. The first-order valence-electron chi connectivity index (χ1n) is 9.08. The van der Waals surface area contributed by atoms with Crippen LogP contribution in [0.15, 0.2) is 30.9 Å². The Balaban J connectivity index is 0.00000392. The molecule has 0 atom stereocenters. The lowest BCUT2D eigenvalue weighted by atomic mass is 10.2. The van der Waals surface area contributed by atoms with Crippen molar-refractivity contribution in [3.8, 4) is 0 Å². The number of nitrogens with zero attached hydrogens (tertiary/aromatic N) is 3. The summed E-state index contributed by atoms with van der Waals surface area (Å²) in [6.07, 6.45) is 8.33.